The molecule has 4 heteroatoms. The van der Waals surface area contributed by atoms with Crippen LogP contribution in [0.4, 0.5) is 0 Å². The van der Waals surface area contributed by atoms with Crippen molar-refractivity contribution >= 4 is 5.91 Å². The first kappa shape index (κ1) is 19.3. The van der Waals surface area contributed by atoms with Crippen LogP contribution < -0.4 is 9.47 Å². The van der Waals surface area contributed by atoms with Gasteiger partial charge in [-0.15, -0.1) is 0 Å². The van der Waals surface area contributed by atoms with Crippen molar-refractivity contribution in [3.05, 3.63) is 60.2 Å². The number of carbonyl (C=O) groups is 1. The van der Waals surface area contributed by atoms with Crippen LogP contribution >= 0.6 is 0 Å². The minimum Gasteiger partial charge on any atom is -0.493 e. The van der Waals surface area contributed by atoms with Gasteiger partial charge in [0.05, 0.1) is 7.11 Å². The van der Waals surface area contributed by atoms with Gasteiger partial charge in [-0.2, -0.15) is 0 Å². The monoisotopic (exact) mass is 367 g/mol. The molecule has 1 atom stereocenters. The highest BCUT2D eigenvalue weighted by Crippen LogP contribution is 2.28. The molecule has 1 heterocycles. The maximum Gasteiger partial charge on any atom is 0.263 e. The van der Waals surface area contributed by atoms with Gasteiger partial charge in [0, 0.05) is 13.1 Å². The minimum atomic E-state index is -0.466. The number of methoxy groups -OCH3 is 1. The molecule has 2 aromatic carbocycles. The van der Waals surface area contributed by atoms with Crippen molar-refractivity contribution in [2.24, 2.45) is 5.92 Å². The first-order valence-corrected chi connectivity index (χ1v) is 9.83. The summed E-state index contributed by atoms with van der Waals surface area (Å²) in [7, 11) is 1.61. The minimum absolute atomic E-state index is 0.0848. The zero-order chi connectivity index (χ0) is 19.1. The Kier molecular flexibility index (Phi) is 6.74. The Morgan fingerprint density at radius 2 is 1.67 bits per heavy atom. The maximum absolute atomic E-state index is 13.0. The van der Waals surface area contributed by atoms with Gasteiger partial charge in [0.1, 0.15) is 0 Å². The number of ether oxygens (including phenoxy) is 2. The number of amides is 1. The maximum atomic E-state index is 13.0. The third kappa shape index (κ3) is 5.03. The summed E-state index contributed by atoms with van der Waals surface area (Å²) in [5.74, 6) is 2.01. The van der Waals surface area contributed by atoms with Gasteiger partial charge in [-0.25, -0.2) is 0 Å². The van der Waals surface area contributed by atoms with Crippen molar-refractivity contribution in [3.63, 3.8) is 0 Å². The molecule has 1 fully saturated rings. The van der Waals surface area contributed by atoms with Crippen molar-refractivity contribution in [1.29, 1.82) is 0 Å². The molecule has 3 rings (SSSR count). The highest BCUT2D eigenvalue weighted by molar-refractivity contribution is 5.81. The lowest BCUT2D eigenvalue weighted by molar-refractivity contribution is -0.140. The smallest absolute Gasteiger partial charge is 0.263 e. The largest absolute Gasteiger partial charge is 0.493 e. The number of hydrogen-bond acceptors (Lipinski definition) is 3. The summed E-state index contributed by atoms with van der Waals surface area (Å²) < 4.78 is 11.3. The summed E-state index contributed by atoms with van der Waals surface area (Å²) in [6.45, 7) is 3.60. The van der Waals surface area contributed by atoms with E-state index in [2.05, 4.69) is 30.3 Å². The number of benzene rings is 2. The predicted molar refractivity (Wildman–Crippen MR) is 107 cm³/mol. The summed E-state index contributed by atoms with van der Waals surface area (Å²) in [6.07, 6.45) is 3.36. The Hall–Kier alpha value is -2.49. The van der Waals surface area contributed by atoms with Gasteiger partial charge in [-0.1, -0.05) is 49.4 Å². The van der Waals surface area contributed by atoms with E-state index >= 15 is 0 Å². The van der Waals surface area contributed by atoms with Crippen LogP contribution in [0.2, 0.25) is 0 Å². The number of nitrogens with zero attached hydrogens (tertiary/aromatic N) is 1. The van der Waals surface area contributed by atoms with Crippen molar-refractivity contribution in [1.82, 2.24) is 4.90 Å². The molecule has 2 aromatic rings. The van der Waals surface area contributed by atoms with E-state index in [1.807, 2.05) is 36.1 Å². The van der Waals surface area contributed by atoms with Gasteiger partial charge < -0.3 is 14.4 Å². The van der Waals surface area contributed by atoms with E-state index in [-0.39, 0.29) is 5.91 Å². The third-order valence-electron chi connectivity index (χ3n) is 5.28. The number of carbonyl (C=O) groups excluding carboxylic acids is 1. The predicted octanol–water partition coefficient (Wildman–Crippen LogP) is 4.33. The van der Waals surface area contributed by atoms with Crippen LogP contribution in [-0.2, 0) is 11.2 Å². The van der Waals surface area contributed by atoms with E-state index in [4.69, 9.17) is 9.47 Å². The zero-order valence-corrected chi connectivity index (χ0v) is 16.3. The lowest BCUT2D eigenvalue weighted by Crippen LogP contribution is -2.45. The molecule has 1 amide bonds. The molecule has 0 bridgehead atoms. The normalized spacial score (nSPS) is 16.0. The SMILES string of the molecule is CC[C@H](Oc1ccccc1OC)C(=O)N1CCC(Cc2ccccc2)CC1. The van der Waals surface area contributed by atoms with Crippen LogP contribution in [0.1, 0.15) is 31.7 Å². The van der Waals surface area contributed by atoms with Gasteiger partial charge in [0.25, 0.3) is 5.91 Å². The molecule has 0 unspecified atom stereocenters. The second-order valence-electron chi connectivity index (χ2n) is 7.12. The quantitative estimate of drug-likeness (QED) is 0.731. The molecule has 1 saturated heterocycles. The highest BCUT2D eigenvalue weighted by atomic mass is 16.5. The van der Waals surface area contributed by atoms with E-state index in [9.17, 15) is 4.79 Å². The van der Waals surface area contributed by atoms with Crippen molar-refractivity contribution < 1.29 is 14.3 Å². The molecule has 1 aliphatic heterocycles. The number of likely N-dealkylation sites (tertiary alicyclic amines) is 1. The van der Waals surface area contributed by atoms with Crippen molar-refractivity contribution in [2.75, 3.05) is 20.2 Å². The van der Waals surface area contributed by atoms with Gasteiger partial charge in [0.2, 0.25) is 0 Å². The van der Waals surface area contributed by atoms with Crippen LogP contribution in [0.25, 0.3) is 0 Å². The lowest BCUT2D eigenvalue weighted by atomic mass is 9.90. The second-order valence-corrected chi connectivity index (χ2v) is 7.12. The fourth-order valence-electron chi connectivity index (χ4n) is 3.69. The number of hydrogen-bond donors (Lipinski definition) is 0. The Morgan fingerprint density at radius 1 is 1.04 bits per heavy atom. The molecule has 27 heavy (non-hydrogen) atoms. The summed E-state index contributed by atoms with van der Waals surface area (Å²) in [5.41, 5.74) is 1.38. The molecule has 144 valence electrons. The molecule has 0 aliphatic carbocycles. The molecule has 0 radical (unpaired) electrons. The first-order chi connectivity index (χ1) is 13.2. The summed E-state index contributed by atoms with van der Waals surface area (Å²) in [6, 6.07) is 18.1. The summed E-state index contributed by atoms with van der Waals surface area (Å²) in [5, 5.41) is 0. The number of para-hydroxylation sites is 2. The van der Waals surface area contributed by atoms with E-state index in [0.717, 1.165) is 32.4 Å². The van der Waals surface area contributed by atoms with Gasteiger partial charge >= 0.3 is 0 Å². The van der Waals surface area contributed by atoms with Crippen LogP contribution in [-0.4, -0.2) is 37.1 Å². The fourth-order valence-corrected chi connectivity index (χ4v) is 3.69. The topological polar surface area (TPSA) is 38.8 Å². The van der Waals surface area contributed by atoms with E-state index in [0.29, 0.717) is 23.8 Å². The molecular formula is C23H29NO3. The molecule has 1 aliphatic rings. The Bertz CT molecular complexity index is 723. The van der Waals surface area contributed by atoms with Crippen molar-refractivity contribution in [2.45, 2.75) is 38.7 Å². The third-order valence-corrected chi connectivity index (χ3v) is 5.28. The number of piperidine rings is 1. The fraction of sp³-hybridized carbons (Fsp3) is 0.435. The summed E-state index contributed by atoms with van der Waals surface area (Å²) in [4.78, 5) is 14.9. The van der Waals surface area contributed by atoms with Crippen LogP contribution in [0.5, 0.6) is 11.5 Å². The van der Waals surface area contributed by atoms with E-state index in [1.165, 1.54) is 5.56 Å². The second kappa shape index (κ2) is 9.45. The van der Waals surface area contributed by atoms with Crippen LogP contribution in [0.15, 0.2) is 54.6 Å². The molecule has 0 saturated carbocycles. The molecule has 0 spiro atoms. The van der Waals surface area contributed by atoms with Gasteiger partial charge in [-0.3, -0.25) is 4.79 Å². The molecule has 4 nitrogen and oxygen atoms in total. The summed E-state index contributed by atoms with van der Waals surface area (Å²) >= 11 is 0. The lowest BCUT2D eigenvalue weighted by Gasteiger charge is -2.34. The zero-order valence-electron chi connectivity index (χ0n) is 16.3. The van der Waals surface area contributed by atoms with Crippen LogP contribution in [0, 0.1) is 5.92 Å². The Labute approximate surface area is 162 Å². The standard InChI is InChI=1S/C23H29NO3/c1-3-20(27-22-12-8-7-11-21(22)26-2)23(25)24-15-13-19(14-16-24)17-18-9-5-4-6-10-18/h4-12,19-20H,3,13-17H2,1-2H3/t20-/m0/s1. The Balaban J connectivity index is 1.55. The Morgan fingerprint density at radius 3 is 2.30 bits per heavy atom. The molecule has 0 N–H and O–H groups in total. The average Bonchev–Trinajstić information content (AvgIpc) is 2.73. The van der Waals surface area contributed by atoms with Crippen molar-refractivity contribution in [3.8, 4) is 11.5 Å². The van der Waals surface area contributed by atoms with E-state index in [1.54, 1.807) is 7.11 Å². The highest BCUT2D eigenvalue weighted by Gasteiger charge is 2.29. The van der Waals surface area contributed by atoms with Gasteiger partial charge in [0.15, 0.2) is 17.6 Å². The average molecular weight is 367 g/mol. The van der Waals surface area contributed by atoms with Crippen LogP contribution in [0.3, 0.4) is 0 Å². The van der Waals surface area contributed by atoms with Gasteiger partial charge in [-0.05, 0) is 49.3 Å². The van der Waals surface area contributed by atoms with E-state index < -0.39 is 6.10 Å². The number of rotatable bonds is 7. The first-order valence-electron chi connectivity index (χ1n) is 9.83. The molecular weight excluding hydrogens is 338 g/mol. The molecule has 0 aromatic heterocycles.